The molecule has 70 valence electrons. The van der Waals surface area contributed by atoms with E-state index >= 15 is 0 Å². The van der Waals surface area contributed by atoms with Gasteiger partial charge in [0.05, 0.1) is 0 Å². The number of esters is 1. The van der Waals surface area contributed by atoms with Crippen LogP contribution in [0.3, 0.4) is 0 Å². The number of aliphatic carboxylic acids is 1. The fourth-order valence-corrected chi connectivity index (χ4v) is 0.392. The summed E-state index contributed by atoms with van der Waals surface area (Å²) in [5.74, 6) is -2.25. The molecule has 0 aromatic rings. The molecule has 0 amide bonds. The normalized spacial score (nSPS) is 10.5. The van der Waals surface area contributed by atoms with Gasteiger partial charge in [-0.3, -0.25) is 0 Å². The van der Waals surface area contributed by atoms with E-state index in [1.54, 1.807) is 0 Å². The van der Waals surface area contributed by atoms with Crippen LogP contribution in [0.5, 0.6) is 0 Å². The van der Waals surface area contributed by atoms with Crippen LogP contribution in [0.4, 0.5) is 4.79 Å². The second kappa shape index (κ2) is 5.53. The first-order chi connectivity index (χ1) is 6.02. The maximum atomic E-state index is 10.4. The molecular weight excluding hydrogens is 180 g/mol. The molecule has 0 radical (unpaired) electrons. The zero-order valence-corrected chi connectivity index (χ0v) is 6.34. The van der Waals surface area contributed by atoms with Crippen molar-refractivity contribution in [3.8, 4) is 0 Å². The van der Waals surface area contributed by atoms with Crippen LogP contribution in [0.2, 0.25) is 0 Å². The second-order valence-corrected chi connectivity index (χ2v) is 1.74. The van der Waals surface area contributed by atoms with Gasteiger partial charge in [0.15, 0.2) is 0 Å². The van der Waals surface area contributed by atoms with Crippen molar-refractivity contribution >= 4 is 18.1 Å². The van der Waals surface area contributed by atoms with E-state index < -0.39 is 18.1 Å². The highest BCUT2D eigenvalue weighted by molar-refractivity contribution is 5.89. The minimum Gasteiger partial charge on any atom is -0.478 e. The minimum atomic E-state index is -1.71. The first-order valence-electron chi connectivity index (χ1n) is 3.05. The highest BCUT2D eigenvalue weighted by atomic mass is 16.7. The fourth-order valence-electron chi connectivity index (χ4n) is 0.392. The molecule has 0 aliphatic rings. The van der Waals surface area contributed by atoms with Crippen molar-refractivity contribution in [1.82, 2.24) is 0 Å². The number of carboxylic acid groups (broad SMARTS) is 2. The van der Waals surface area contributed by atoms with E-state index in [9.17, 15) is 14.4 Å². The molecular formula is C7H6O6. The monoisotopic (exact) mass is 186 g/mol. The Morgan fingerprint density at radius 3 is 2.00 bits per heavy atom. The molecule has 0 spiro atoms. The van der Waals surface area contributed by atoms with E-state index in [0.29, 0.717) is 0 Å². The van der Waals surface area contributed by atoms with Crippen molar-refractivity contribution in [1.29, 1.82) is 0 Å². The van der Waals surface area contributed by atoms with Crippen LogP contribution in [0.25, 0.3) is 0 Å². The Morgan fingerprint density at radius 2 is 1.54 bits per heavy atom. The molecule has 0 saturated carbocycles. The van der Waals surface area contributed by atoms with Crippen LogP contribution < -0.4 is 0 Å². The van der Waals surface area contributed by atoms with Gasteiger partial charge in [-0.25, -0.2) is 14.4 Å². The van der Waals surface area contributed by atoms with Crippen molar-refractivity contribution in [2.24, 2.45) is 0 Å². The first kappa shape index (κ1) is 10.9. The van der Waals surface area contributed by atoms with Crippen LogP contribution in [-0.4, -0.2) is 28.3 Å². The van der Waals surface area contributed by atoms with E-state index in [2.05, 4.69) is 4.74 Å². The summed E-state index contributed by atoms with van der Waals surface area (Å²) in [7, 11) is 0. The molecule has 2 N–H and O–H groups in total. The van der Waals surface area contributed by atoms with Gasteiger partial charge in [-0.05, 0) is 0 Å². The lowest BCUT2D eigenvalue weighted by molar-refractivity contribution is -0.133. The van der Waals surface area contributed by atoms with Crippen LogP contribution in [0.1, 0.15) is 0 Å². The predicted octanol–water partition coefficient (Wildman–Crippen LogP) is 0.405. The van der Waals surface area contributed by atoms with Gasteiger partial charge in [-0.2, -0.15) is 0 Å². The van der Waals surface area contributed by atoms with Crippen LogP contribution >= 0.6 is 0 Å². The van der Waals surface area contributed by atoms with Gasteiger partial charge in [0.1, 0.15) is 0 Å². The molecule has 0 heterocycles. The van der Waals surface area contributed by atoms with Gasteiger partial charge in [0.2, 0.25) is 0 Å². The highest BCUT2D eigenvalue weighted by Gasteiger charge is 2.01. The number of rotatable bonds is 3. The Morgan fingerprint density at radius 1 is 1.00 bits per heavy atom. The molecule has 0 unspecified atom stereocenters. The number of carboxylic acids is 1. The lowest BCUT2D eigenvalue weighted by Crippen LogP contribution is -2.06. The summed E-state index contributed by atoms with van der Waals surface area (Å²) in [6, 6.07) is 0. The Balaban J connectivity index is 3.91. The Bertz CT molecular complexity index is 275. The van der Waals surface area contributed by atoms with Gasteiger partial charge in [0.25, 0.3) is 0 Å². The lowest BCUT2D eigenvalue weighted by atomic mass is 10.4. The molecule has 0 rings (SSSR count). The fraction of sp³-hybridized carbons (Fsp3) is 0. The number of hydrogen-bond donors (Lipinski definition) is 2. The van der Waals surface area contributed by atoms with Crippen molar-refractivity contribution in [2.45, 2.75) is 0 Å². The summed E-state index contributed by atoms with van der Waals surface area (Å²) in [5, 5.41) is 16.0. The van der Waals surface area contributed by atoms with Crippen molar-refractivity contribution in [3.63, 3.8) is 0 Å². The van der Waals surface area contributed by atoms with E-state index in [-0.39, 0.29) is 0 Å². The van der Waals surface area contributed by atoms with E-state index in [1.807, 2.05) is 0 Å². The Kier molecular flexibility index (Phi) is 4.63. The maximum Gasteiger partial charge on any atom is 0.513 e. The van der Waals surface area contributed by atoms with Crippen molar-refractivity contribution < 1.29 is 29.3 Å². The van der Waals surface area contributed by atoms with Gasteiger partial charge in [-0.15, -0.1) is 0 Å². The minimum absolute atomic E-state index is 0.782. The van der Waals surface area contributed by atoms with Gasteiger partial charge >= 0.3 is 18.1 Å². The molecule has 13 heavy (non-hydrogen) atoms. The maximum absolute atomic E-state index is 10.4. The number of carbonyl (C=O) groups excluding carboxylic acids is 1. The van der Waals surface area contributed by atoms with Crippen LogP contribution in [-0.2, 0) is 14.3 Å². The third kappa shape index (κ3) is 7.79. The zero-order chi connectivity index (χ0) is 10.3. The Labute approximate surface area is 72.7 Å². The zero-order valence-electron chi connectivity index (χ0n) is 6.34. The SMILES string of the molecule is O=C(O)/C=C/C=C\C(=O)OC(=O)O. The molecule has 0 aliphatic heterocycles. The third-order valence-electron chi connectivity index (χ3n) is 0.770. The molecule has 0 aromatic carbocycles. The van der Waals surface area contributed by atoms with Crippen LogP contribution in [0, 0.1) is 0 Å². The number of ether oxygens (including phenoxy) is 1. The summed E-state index contributed by atoms with van der Waals surface area (Å²) in [6.07, 6.45) is 1.97. The van der Waals surface area contributed by atoms with E-state index in [1.165, 1.54) is 0 Å². The predicted molar refractivity (Wildman–Crippen MR) is 40.0 cm³/mol. The second-order valence-electron chi connectivity index (χ2n) is 1.74. The summed E-state index contributed by atoms with van der Waals surface area (Å²) in [4.78, 5) is 30.1. The molecule has 0 fully saturated rings. The lowest BCUT2D eigenvalue weighted by Gasteiger charge is -1.88. The van der Waals surface area contributed by atoms with Crippen molar-refractivity contribution in [3.05, 3.63) is 24.3 Å². The smallest absolute Gasteiger partial charge is 0.478 e. The topological polar surface area (TPSA) is 101 Å². The van der Waals surface area contributed by atoms with E-state index in [0.717, 1.165) is 24.3 Å². The molecule has 0 aromatic heterocycles. The van der Waals surface area contributed by atoms with Gasteiger partial charge in [0, 0.05) is 12.2 Å². The van der Waals surface area contributed by atoms with Gasteiger partial charge in [-0.1, -0.05) is 12.2 Å². The molecule has 0 bridgehead atoms. The summed E-state index contributed by atoms with van der Waals surface area (Å²) in [5.41, 5.74) is 0. The molecule has 6 nitrogen and oxygen atoms in total. The average molecular weight is 186 g/mol. The van der Waals surface area contributed by atoms with Gasteiger partial charge < -0.3 is 14.9 Å². The number of allylic oxidation sites excluding steroid dienone is 2. The molecule has 0 atom stereocenters. The number of hydrogen-bond acceptors (Lipinski definition) is 4. The van der Waals surface area contributed by atoms with Crippen molar-refractivity contribution in [2.75, 3.05) is 0 Å². The Hall–Kier alpha value is -2.11. The largest absolute Gasteiger partial charge is 0.513 e. The number of carbonyl (C=O) groups is 3. The van der Waals surface area contributed by atoms with E-state index in [4.69, 9.17) is 10.2 Å². The highest BCUT2D eigenvalue weighted by Crippen LogP contribution is 1.84. The average Bonchev–Trinajstić information content (AvgIpc) is 1.96. The molecule has 6 heteroatoms. The van der Waals surface area contributed by atoms with Crippen LogP contribution in [0.15, 0.2) is 24.3 Å². The third-order valence-corrected chi connectivity index (χ3v) is 0.770. The molecule has 0 aliphatic carbocycles. The quantitative estimate of drug-likeness (QED) is 0.286. The summed E-state index contributed by atoms with van der Waals surface area (Å²) in [6.45, 7) is 0. The standard InChI is InChI=1S/C7H6O6/c8-5(9)3-1-2-4-6(10)13-7(11)12/h1-4H,(H,8,9)(H,11,12)/b3-1+,4-2-. The summed E-state index contributed by atoms with van der Waals surface area (Å²) >= 11 is 0. The molecule has 0 saturated heterocycles. The summed E-state index contributed by atoms with van der Waals surface area (Å²) < 4.78 is 3.67. The first-order valence-corrected chi connectivity index (χ1v) is 3.05.